The van der Waals surface area contributed by atoms with Crippen molar-refractivity contribution in [3.8, 4) is 0 Å². The van der Waals surface area contributed by atoms with Crippen LogP contribution in [0.1, 0.15) is 47.5 Å². The number of hydrogen-bond acceptors (Lipinski definition) is 5. The summed E-state index contributed by atoms with van der Waals surface area (Å²) in [5, 5.41) is 3.08. The molecule has 1 N–H and O–H groups in total. The summed E-state index contributed by atoms with van der Waals surface area (Å²) < 4.78 is 7.52. The summed E-state index contributed by atoms with van der Waals surface area (Å²) in [4.78, 5) is 22.5. The Bertz CT molecular complexity index is 843. The molecule has 2 aromatic rings. The molecule has 0 bridgehead atoms. The second-order valence-corrected chi connectivity index (χ2v) is 8.45. The molecule has 0 aliphatic carbocycles. The summed E-state index contributed by atoms with van der Waals surface area (Å²) in [7, 11) is 0. The van der Waals surface area contributed by atoms with Gasteiger partial charge in [-0.1, -0.05) is 30.3 Å². The molecule has 0 unspecified atom stereocenters. The Kier molecular flexibility index (Phi) is 6.82. The molecule has 1 aromatic carbocycles. The molecule has 1 amide bonds. The van der Waals surface area contributed by atoms with E-state index in [0.717, 1.165) is 64.6 Å². The van der Waals surface area contributed by atoms with Crippen molar-refractivity contribution >= 4 is 5.91 Å². The van der Waals surface area contributed by atoms with Gasteiger partial charge in [0.1, 0.15) is 0 Å². The molecule has 0 spiro atoms. The van der Waals surface area contributed by atoms with Gasteiger partial charge in [0, 0.05) is 64.0 Å². The van der Waals surface area contributed by atoms with Gasteiger partial charge in [-0.3, -0.25) is 14.6 Å². The van der Waals surface area contributed by atoms with E-state index in [1.807, 2.05) is 6.07 Å². The molecule has 1 saturated heterocycles. The van der Waals surface area contributed by atoms with E-state index in [2.05, 4.69) is 57.8 Å². The number of carbonyl (C=O) groups excluding carboxylic acids is 1. The van der Waals surface area contributed by atoms with E-state index in [4.69, 9.17) is 9.72 Å². The molecule has 4 rings (SSSR count). The summed E-state index contributed by atoms with van der Waals surface area (Å²) in [6.45, 7) is 11.8. The van der Waals surface area contributed by atoms with E-state index in [-0.39, 0.29) is 11.9 Å². The van der Waals surface area contributed by atoms with E-state index in [9.17, 15) is 4.79 Å². The van der Waals surface area contributed by atoms with Crippen molar-refractivity contribution in [2.24, 2.45) is 0 Å². The zero-order valence-corrected chi connectivity index (χ0v) is 18.1. The van der Waals surface area contributed by atoms with Gasteiger partial charge in [-0.15, -0.1) is 0 Å². The summed E-state index contributed by atoms with van der Waals surface area (Å²) in [6, 6.07) is 10.7. The number of imidazole rings is 1. The van der Waals surface area contributed by atoms with Crippen LogP contribution in [0.25, 0.3) is 0 Å². The predicted octanol–water partition coefficient (Wildman–Crippen LogP) is 2.08. The maximum atomic E-state index is 13.0. The monoisotopic (exact) mass is 411 g/mol. The van der Waals surface area contributed by atoms with Gasteiger partial charge in [-0.05, 0) is 19.4 Å². The topological polar surface area (TPSA) is 62.6 Å². The number of carbonyl (C=O) groups is 1. The largest absolute Gasteiger partial charge is 0.379 e. The average molecular weight is 412 g/mol. The fraction of sp³-hybridized carbons (Fsp3) is 0.565. The van der Waals surface area contributed by atoms with Crippen LogP contribution in [-0.4, -0.2) is 71.2 Å². The molecular formula is C23H33N5O2. The average Bonchev–Trinajstić information content (AvgIpc) is 3.14. The molecule has 30 heavy (non-hydrogen) atoms. The lowest BCUT2D eigenvalue weighted by Gasteiger charge is -2.27. The number of nitrogens with zero attached hydrogens (tertiary/aromatic N) is 4. The van der Waals surface area contributed by atoms with Crippen LogP contribution >= 0.6 is 0 Å². The SMILES string of the molecule is CC(C)n1c(C(=O)NCCN2CCOCC2)nc2c1CCN(Cc1ccccc1)C2. The van der Waals surface area contributed by atoms with Gasteiger partial charge in [0.25, 0.3) is 5.91 Å². The molecule has 1 fully saturated rings. The highest BCUT2D eigenvalue weighted by Crippen LogP contribution is 2.25. The van der Waals surface area contributed by atoms with Crippen LogP contribution in [0.5, 0.6) is 0 Å². The van der Waals surface area contributed by atoms with E-state index in [1.165, 1.54) is 11.3 Å². The minimum atomic E-state index is -0.0685. The number of hydrogen-bond donors (Lipinski definition) is 1. The number of morpholine rings is 1. The minimum absolute atomic E-state index is 0.0685. The number of nitrogens with one attached hydrogen (secondary N) is 1. The predicted molar refractivity (Wildman–Crippen MR) is 116 cm³/mol. The van der Waals surface area contributed by atoms with Crippen molar-refractivity contribution in [2.45, 2.75) is 39.4 Å². The van der Waals surface area contributed by atoms with Crippen LogP contribution in [-0.2, 0) is 24.2 Å². The van der Waals surface area contributed by atoms with Gasteiger partial charge in [0.05, 0.1) is 18.9 Å². The Balaban J connectivity index is 1.42. The van der Waals surface area contributed by atoms with Crippen LogP contribution in [0.3, 0.4) is 0 Å². The molecule has 3 heterocycles. The summed E-state index contributed by atoms with van der Waals surface area (Å²) in [5.41, 5.74) is 3.57. The third kappa shape index (κ3) is 4.91. The first-order chi connectivity index (χ1) is 14.6. The molecule has 2 aliphatic heterocycles. The first-order valence-corrected chi connectivity index (χ1v) is 11.1. The minimum Gasteiger partial charge on any atom is -0.379 e. The van der Waals surface area contributed by atoms with E-state index >= 15 is 0 Å². The number of rotatable bonds is 7. The maximum absolute atomic E-state index is 13.0. The molecule has 162 valence electrons. The zero-order valence-electron chi connectivity index (χ0n) is 18.1. The van der Waals surface area contributed by atoms with Gasteiger partial charge in [0.15, 0.2) is 5.82 Å². The van der Waals surface area contributed by atoms with Gasteiger partial charge in [-0.2, -0.15) is 0 Å². The third-order valence-corrected chi connectivity index (χ3v) is 5.92. The van der Waals surface area contributed by atoms with Crippen molar-refractivity contribution in [1.29, 1.82) is 0 Å². The van der Waals surface area contributed by atoms with Crippen molar-refractivity contribution in [2.75, 3.05) is 45.9 Å². The normalized spacial score (nSPS) is 17.8. The number of ether oxygens (including phenoxy) is 1. The molecule has 2 aliphatic rings. The Labute approximate surface area is 179 Å². The van der Waals surface area contributed by atoms with Crippen molar-refractivity contribution in [3.05, 3.63) is 53.1 Å². The zero-order chi connectivity index (χ0) is 20.9. The smallest absolute Gasteiger partial charge is 0.287 e. The lowest BCUT2D eigenvalue weighted by molar-refractivity contribution is 0.0383. The number of amides is 1. The quantitative estimate of drug-likeness (QED) is 0.756. The van der Waals surface area contributed by atoms with Crippen molar-refractivity contribution < 1.29 is 9.53 Å². The Hall–Kier alpha value is -2.22. The standard InChI is InChI=1S/C23H33N5O2/c1-18(2)28-21-8-10-27(16-19-6-4-3-5-7-19)17-20(21)25-22(28)23(29)24-9-11-26-12-14-30-15-13-26/h3-7,18H,8-17H2,1-2H3,(H,24,29). The van der Waals surface area contributed by atoms with E-state index < -0.39 is 0 Å². The fourth-order valence-corrected chi connectivity index (χ4v) is 4.38. The fourth-order valence-electron chi connectivity index (χ4n) is 4.38. The molecule has 7 nitrogen and oxygen atoms in total. The Morgan fingerprint density at radius 3 is 2.63 bits per heavy atom. The van der Waals surface area contributed by atoms with Crippen LogP contribution in [0.4, 0.5) is 0 Å². The van der Waals surface area contributed by atoms with Crippen LogP contribution in [0.2, 0.25) is 0 Å². The molecular weight excluding hydrogens is 378 g/mol. The lowest BCUT2D eigenvalue weighted by Crippen LogP contribution is -2.41. The number of aromatic nitrogens is 2. The number of benzene rings is 1. The molecule has 7 heteroatoms. The van der Waals surface area contributed by atoms with Gasteiger partial charge >= 0.3 is 0 Å². The van der Waals surface area contributed by atoms with E-state index in [1.54, 1.807) is 0 Å². The summed E-state index contributed by atoms with van der Waals surface area (Å²) in [5.74, 6) is 0.486. The van der Waals surface area contributed by atoms with Crippen molar-refractivity contribution in [3.63, 3.8) is 0 Å². The Morgan fingerprint density at radius 2 is 1.90 bits per heavy atom. The van der Waals surface area contributed by atoms with Crippen LogP contribution in [0.15, 0.2) is 30.3 Å². The lowest BCUT2D eigenvalue weighted by atomic mass is 10.1. The summed E-state index contributed by atoms with van der Waals surface area (Å²) >= 11 is 0. The summed E-state index contributed by atoms with van der Waals surface area (Å²) in [6.07, 6.45) is 0.925. The van der Waals surface area contributed by atoms with Crippen LogP contribution in [0, 0.1) is 0 Å². The molecule has 1 aromatic heterocycles. The highest BCUT2D eigenvalue weighted by molar-refractivity contribution is 5.91. The first-order valence-electron chi connectivity index (χ1n) is 11.1. The Morgan fingerprint density at radius 1 is 1.13 bits per heavy atom. The van der Waals surface area contributed by atoms with E-state index in [0.29, 0.717) is 12.4 Å². The third-order valence-electron chi connectivity index (χ3n) is 5.92. The van der Waals surface area contributed by atoms with Gasteiger partial charge in [0.2, 0.25) is 0 Å². The second kappa shape index (κ2) is 9.73. The van der Waals surface area contributed by atoms with Crippen molar-refractivity contribution in [1.82, 2.24) is 24.7 Å². The highest BCUT2D eigenvalue weighted by atomic mass is 16.5. The number of fused-ring (bicyclic) bond motifs is 1. The van der Waals surface area contributed by atoms with Gasteiger partial charge < -0.3 is 14.6 Å². The molecule has 0 atom stereocenters. The maximum Gasteiger partial charge on any atom is 0.287 e. The highest BCUT2D eigenvalue weighted by Gasteiger charge is 2.28. The van der Waals surface area contributed by atoms with Gasteiger partial charge in [-0.25, -0.2) is 4.98 Å². The first kappa shape index (κ1) is 21.0. The second-order valence-electron chi connectivity index (χ2n) is 8.45. The molecule has 0 radical (unpaired) electrons. The van der Waals surface area contributed by atoms with Crippen LogP contribution < -0.4 is 5.32 Å². The molecule has 0 saturated carbocycles.